The van der Waals surface area contributed by atoms with E-state index in [1.165, 1.54) is 6.07 Å². The summed E-state index contributed by atoms with van der Waals surface area (Å²) in [7, 11) is 0. The van der Waals surface area contributed by atoms with Crippen molar-refractivity contribution in [2.75, 3.05) is 6.61 Å². The summed E-state index contributed by atoms with van der Waals surface area (Å²) < 4.78 is 7.17. The number of nitro groups is 1. The molecule has 2 rings (SSSR count). The fraction of sp³-hybridized carbons (Fsp3) is 0.308. The molecule has 20 heavy (non-hydrogen) atoms. The number of benzene rings is 1. The van der Waals surface area contributed by atoms with Gasteiger partial charge in [0.05, 0.1) is 17.0 Å². The van der Waals surface area contributed by atoms with Crippen LogP contribution in [0.5, 0.6) is 5.75 Å². The van der Waals surface area contributed by atoms with Gasteiger partial charge in [-0.05, 0) is 19.9 Å². The fourth-order valence-electron chi connectivity index (χ4n) is 1.88. The van der Waals surface area contributed by atoms with Gasteiger partial charge in [0.2, 0.25) is 0 Å². The summed E-state index contributed by atoms with van der Waals surface area (Å²) in [5.74, 6) is 0.472. The van der Waals surface area contributed by atoms with Crippen LogP contribution in [0.2, 0.25) is 0 Å². The van der Waals surface area contributed by atoms with Crippen molar-refractivity contribution in [1.82, 2.24) is 4.57 Å². The van der Waals surface area contributed by atoms with E-state index in [1.54, 1.807) is 29.0 Å². The van der Waals surface area contributed by atoms with E-state index < -0.39 is 4.92 Å². The lowest BCUT2D eigenvalue weighted by Gasteiger charge is -2.10. The summed E-state index contributed by atoms with van der Waals surface area (Å²) in [6, 6.07) is 4.71. The van der Waals surface area contributed by atoms with Crippen LogP contribution in [0.25, 0.3) is 0 Å². The normalized spacial score (nSPS) is 10.5. The van der Waals surface area contributed by atoms with Gasteiger partial charge in [0.15, 0.2) is 0 Å². The molecule has 1 aromatic carbocycles. The van der Waals surface area contributed by atoms with Crippen LogP contribution >= 0.6 is 11.3 Å². The third kappa shape index (κ3) is 2.88. The molecule has 0 amide bonds. The summed E-state index contributed by atoms with van der Waals surface area (Å²) in [4.78, 5) is 21.9. The molecule has 1 aromatic heterocycles. The Kier molecular flexibility index (Phi) is 4.19. The molecule has 2 aromatic rings. The van der Waals surface area contributed by atoms with E-state index >= 15 is 0 Å². The van der Waals surface area contributed by atoms with Crippen molar-refractivity contribution in [2.45, 2.75) is 20.4 Å². The van der Waals surface area contributed by atoms with E-state index in [0.29, 0.717) is 24.5 Å². The van der Waals surface area contributed by atoms with Crippen molar-refractivity contribution in [1.29, 1.82) is 0 Å². The number of aromatic nitrogens is 1. The number of hydrogen-bond acceptors (Lipinski definition) is 5. The van der Waals surface area contributed by atoms with Gasteiger partial charge in [0.25, 0.3) is 5.69 Å². The molecule has 0 saturated heterocycles. The highest BCUT2D eigenvalue weighted by Crippen LogP contribution is 2.26. The van der Waals surface area contributed by atoms with Gasteiger partial charge in [-0.3, -0.25) is 19.5 Å². The van der Waals surface area contributed by atoms with E-state index in [-0.39, 0.29) is 10.6 Å². The minimum Gasteiger partial charge on any atom is -0.491 e. The zero-order chi connectivity index (χ0) is 14.7. The van der Waals surface area contributed by atoms with Gasteiger partial charge < -0.3 is 4.74 Å². The molecule has 106 valence electrons. The summed E-state index contributed by atoms with van der Waals surface area (Å²) in [6.45, 7) is 4.22. The number of thiazole rings is 1. The lowest BCUT2D eigenvalue weighted by Crippen LogP contribution is -2.19. The van der Waals surface area contributed by atoms with Gasteiger partial charge in [-0.15, -0.1) is 0 Å². The Bertz CT molecular complexity index is 690. The molecule has 0 aliphatic carbocycles. The Labute approximate surface area is 119 Å². The van der Waals surface area contributed by atoms with E-state index in [2.05, 4.69) is 0 Å². The second kappa shape index (κ2) is 5.87. The first-order valence-electron chi connectivity index (χ1n) is 6.02. The zero-order valence-corrected chi connectivity index (χ0v) is 12.0. The number of aryl methyl sites for hydroxylation is 1. The minimum atomic E-state index is -0.435. The Hall–Kier alpha value is -2.15. The highest BCUT2D eigenvalue weighted by atomic mass is 32.1. The van der Waals surface area contributed by atoms with Gasteiger partial charge in [0.1, 0.15) is 12.4 Å². The quantitative estimate of drug-likeness (QED) is 0.627. The maximum atomic E-state index is 11.5. The Morgan fingerprint density at radius 1 is 1.40 bits per heavy atom. The number of rotatable bonds is 5. The second-order valence-corrected chi connectivity index (χ2v) is 5.12. The third-order valence-electron chi connectivity index (χ3n) is 3.00. The predicted octanol–water partition coefficient (Wildman–Crippen LogP) is 2.51. The van der Waals surface area contributed by atoms with Crippen LogP contribution in [-0.4, -0.2) is 16.1 Å². The molecule has 0 unspecified atom stereocenters. The Morgan fingerprint density at radius 2 is 2.15 bits per heavy atom. The number of nitrogens with zero attached hydrogens (tertiary/aromatic N) is 2. The van der Waals surface area contributed by atoms with Crippen molar-refractivity contribution in [3.63, 3.8) is 0 Å². The molecule has 6 nitrogen and oxygen atoms in total. The monoisotopic (exact) mass is 294 g/mol. The number of hydrogen-bond donors (Lipinski definition) is 0. The van der Waals surface area contributed by atoms with E-state index in [0.717, 1.165) is 17.0 Å². The highest BCUT2D eigenvalue weighted by Gasteiger charge is 2.14. The van der Waals surface area contributed by atoms with Crippen molar-refractivity contribution in [3.05, 3.63) is 54.6 Å². The van der Waals surface area contributed by atoms with Gasteiger partial charge in [-0.25, -0.2) is 0 Å². The first-order chi connectivity index (χ1) is 9.50. The first kappa shape index (κ1) is 14.3. The molecule has 0 aliphatic heterocycles. The van der Waals surface area contributed by atoms with E-state index in [9.17, 15) is 14.9 Å². The van der Waals surface area contributed by atoms with Crippen molar-refractivity contribution < 1.29 is 9.66 Å². The van der Waals surface area contributed by atoms with Crippen LogP contribution in [0, 0.1) is 24.0 Å². The third-order valence-corrected chi connectivity index (χ3v) is 3.88. The number of ether oxygens (including phenoxy) is 1. The summed E-state index contributed by atoms with van der Waals surface area (Å²) in [5.41, 5.74) is 1.41. The molecule has 0 saturated carbocycles. The van der Waals surface area contributed by atoms with Crippen LogP contribution in [-0.2, 0) is 6.54 Å². The average Bonchev–Trinajstić information content (AvgIpc) is 2.72. The fourth-order valence-corrected chi connectivity index (χ4v) is 2.64. The van der Waals surface area contributed by atoms with Crippen LogP contribution in [0.3, 0.4) is 0 Å². The van der Waals surface area contributed by atoms with E-state index in [4.69, 9.17) is 4.74 Å². The smallest absolute Gasteiger partial charge is 0.307 e. The van der Waals surface area contributed by atoms with Crippen LogP contribution in [0.1, 0.15) is 11.3 Å². The summed E-state index contributed by atoms with van der Waals surface area (Å²) in [5, 5.41) is 12.6. The molecular weight excluding hydrogens is 280 g/mol. The van der Waals surface area contributed by atoms with Gasteiger partial charge in [-0.2, -0.15) is 0 Å². The Balaban J connectivity index is 2.07. The largest absolute Gasteiger partial charge is 0.491 e. The first-order valence-corrected chi connectivity index (χ1v) is 6.90. The van der Waals surface area contributed by atoms with Crippen molar-refractivity contribution >= 4 is 17.0 Å². The second-order valence-electron chi connectivity index (χ2n) is 4.30. The molecule has 0 fully saturated rings. The molecule has 0 spiro atoms. The maximum absolute atomic E-state index is 11.5. The summed E-state index contributed by atoms with van der Waals surface area (Å²) >= 11 is 1.15. The highest BCUT2D eigenvalue weighted by molar-refractivity contribution is 7.07. The van der Waals surface area contributed by atoms with Crippen molar-refractivity contribution in [3.8, 4) is 5.75 Å². The molecule has 7 heteroatoms. The zero-order valence-electron chi connectivity index (χ0n) is 11.2. The van der Waals surface area contributed by atoms with E-state index in [1.807, 2.05) is 6.92 Å². The Morgan fingerprint density at radius 3 is 2.75 bits per heavy atom. The molecule has 0 bridgehead atoms. The van der Waals surface area contributed by atoms with Gasteiger partial charge in [0, 0.05) is 17.1 Å². The summed E-state index contributed by atoms with van der Waals surface area (Å²) in [6.07, 6.45) is 0. The molecule has 0 atom stereocenters. The molecule has 1 heterocycles. The van der Waals surface area contributed by atoms with Crippen molar-refractivity contribution in [2.24, 2.45) is 0 Å². The average molecular weight is 294 g/mol. The number of nitro benzene ring substituents is 1. The van der Waals surface area contributed by atoms with Gasteiger partial charge in [-0.1, -0.05) is 17.4 Å². The van der Waals surface area contributed by atoms with Crippen LogP contribution in [0.15, 0.2) is 28.4 Å². The lowest BCUT2D eigenvalue weighted by molar-refractivity contribution is -0.385. The minimum absolute atomic E-state index is 0.0261. The predicted molar refractivity (Wildman–Crippen MR) is 76.6 cm³/mol. The maximum Gasteiger partial charge on any atom is 0.307 e. The molecule has 0 radical (unpaired) electrons. The molecular formula is C13H14N2O4S. The molecule has 0 N–H and O–H groups in total. The standard InChI is InChI=1S/C13H14N2O4S/c1-9-8-20-13(16)14(9)6-7-19-12-5-3-4-11(10(12)2)15(17)18/h3-5,8H,6-7H2,1-2H3. The van der Waals surface area contributed by atoms with Gasteiger partial charge >= 0.3 is 4.87 Å². The van der Waals surface area contributed by atoms with Crippen LogP contribution < -0.4 is 9.61 Å². The topological polar surface area (TPSA) is 74.4 Å². The SMILES string of the molecule is Cc1c(OCCn2c(C)csc2=O)cccc1[N+](=O)[O-]. The molecule has 0 aliphatic rings. The lowest BCUT2D eigenvalue weighted by atomic mass is 10.2. The van der Waals surface area contributed by atoms with Crippen LogP contribution in [0.4, 0.5) is 5.69 Å².